The van der Waals surface area contributed by atoms with Crippen molar-refractivity contribution in [1.82, 2.24) is 5.32 Å². The second-order valence-electron chi connectivity index (χ2n) is 4.12. The lowest BCUT2D eigenvalue weighted by atomic mass is 10.1. The molecule has 6 heteroatoms. The summed E-state index contributed by atoms with van der Waals surface area (Å²) in [5, 5.41) is 7.17. The number of hydrogen-bond donors (Lipinski definition) is 1. The maximum atomic E-state index is 12.0. The average Bonchev–Trinajstić information content (AvgIpc) is 2.76. The Labute approximate surface area is 109 Å². The van der Waals surface area contributed by atoms with Crippen LogP contribution in [0.15, 0.2) is 16.8 Å². The molecule has 0 spiro atoms. The third-order valence-electron chi connectivity index (χ3n) is 2.33. The highest BCUT2D eigenvalue weighted by molar-refractivity contribution is 7.07. The van der Waals surface area contributed by atoms with Gasteiger partial charge in [-0.2, -0.15) is 24.5 Å². The van der Waals surface area contributed by atoms with E-state index in [1.54, 1.807) is 11.3 Å². The lowest BCUT2D eigenvalue weighted by Gasteiger charge is -2.18. The average molecular weight is 281 g/mol. The summed E-state index contributed by atoms with van der Waals surface area (Å²) in [7, 11) is 0. The molecule has 1 aromatic heterocycles. The Morgan fingerprint density at radius 1 is 1.44 bits per heavy atom. The van der Waals surface area contributed by atoms with Crippen molar-refractivity contribution in [3.05, 3.63) is 22.4 Å². The summed E-state index contributed by atoms with van der Waals surface area (Å²) in [6, 6.07) is 1.91. The van der Waals surface area contributed by atoms with Crippen LogP contribution in [0.5, 0.6) is 0 Å². The van der Waals surface area contributed by atoms with Gasteiger partial charge in [-0.25, -0.2) is 0 Å². The van der Waals surface area contributed by atoms with E-state index in [4.69, 9.17) is 4.74 Å². The summed E-state index contributed by atoms with van der Waals surface area (Å²) in [5.41, 5.74) is 1.13. The molecular formula is C12H18F3NOS. The van der Waals surface area contributed by atoms with Gasteiger partial charge < -0.3 is 10.1 Å². The quantitative estimate of drug-likeness (QED) is 0.790. The van der Waals surface area contributed by atoms with Crippen molar-refractivity contribution in [2.24, 2.45) is 0 Å². The van der Waals surface area contributed by atoms with Gasteiger partial charge in [0.25, 0.3) is 0 Å². The molecule has 1 N–H and O–H groups in total. The van der Waals surface area contributed by atoms with E-state index >= 15 is 0 Å². The fourth-order valence-electron chi connectivity index (χ4n) is 1.55. The molecule has 1 atom stereocenters. The topological polar surface area (TPSA) is 21.3 Å². The van der Waals surface area contributed by atoms with Gasteiger partial charge >= 0.3 is 6.18 Å². The molecule has 0 aromatic carbocycles. The standard InChI is InChI=1S/C12H18F3NOS/c1-2-4-16-11(6-10-3-5-18-8-10)7-17-9-12(13,14)15/h3,5,8,11,16H,2,4,6-7,9H2,1H3. The second-order valence-corrected chi connectivity index (χ2v) is 4.90. The van der Waals surface area contributed by atoms with E-state index in [1.807, 2.05) is 23.8 Å². The summed E-state index contributed by atoms with van der Waals surface area (Å²) in [5.74, 6) is 0. The molecule has 1 rings (SSSR count). The Morgan fingerprint density at radius 2 is 2.22 bits per heavy atom. The van der Waals surface area contributed by atoms with Gasteiger partial charge in [0, 0.05) is 6.04 Å². The van der Waals surface area contributed by atoms with Gasteiger partial charge in [-0.15, -0.1) is 0 Å². The van der Waals surface area contributed by atoms with Gasteiger partial charge in [0.15, 0.2) is 0 Å². The molecule has 2 nitrogen and oxygen atoms in total. The summed E-state index contributed by atoms with van der Waals surface area (Å²) in [4.78, 5) is 0. The number of thiophene rings is 1. The molecule has 1 heterocycles. The molecule has 0 saturated carbocycles. The Kier molecular flexibility index (Phi) is 6.67. The van der Waals surface area contributed by atoms with Gasteiger partial charge in [0.1, 0.15) is 6.61 Å². The van der Waals surface area contributed by atoms with E-state index in [-0.39, 0.29) is 12.6 Å². The molecule has 0 radical (unpaired) electrons. The Bertz CT molecular complexity index is 314. The molecule has 0 amide bonds. The third-order valence-corrected chi connectivity index (χ3v) is 3.06. The second kappa shape index (κ2) is 7.76. The normalized spacial score (nSPS) is 13.8. The predicted octanol–water partition coefficient (Wildman–Crippen LogP) is 3.24. The van der Waals surface area contributed by atoms with Crippen LogP contribution in [0.1, 0.15) is 18.9 Å². The minimum absolute atomic E-state index is 0.0677. The fraction of sp³-hybridized carbons (Fsp3) is 0.667. The van der Waals surface area contributed by atoms with Crippen LogP contribution >= 0.6 is 11.3 Å². The van der Waals surface area contributed by atoms with Crippen molar-refractivity contribution in [2.75, 3.05) is 19.8 Å². The third kappa shape index (κ3) is 6.98. The maximum absolute atomic E-state index is 12.0. The number of nitrogens with one attached hydrogen (secondary N) is 1. The van der Waals surface area contributed by atoms with Crippen molar-refractivity contribution in [3.63, 3.8) is 0 Å². The first-order chi connectivity index (χ1) is 8.51. The molecule has 18 heavy (non-hydrogen) atoms. The van der Waals surface area contributed by atoms with Crippen molar-refractivity contribution >= 4 is 11.3 Å². The first-order valence-corrected chi connectivity index (χ1v) is 6.84. The monoisotopic (exact) mass is 281 g/mol. The maximum Gasteiger partial charge on any atom is 0.411 e. The highest BCUT2D eigenvalue weighted by Crippen LogP contribution is 2.15. The van der Waals surface area contributed by atoms with Crippen LogP contribution in [0.4, 0.5) is 13.2 Å². The lowest BCUT2D eigenvalue weighted by Crippen LogP contribution is -2.37. The smallest absolute Gasteiger partial charge is 0.370 e. The molecule has 0 fully saturated rings. The number of rotatable bonds is 8. The molecule has 0 bridgehead atoms. The summed E-state index contributed by atoms with van der Waals surface area (Å²) < 4.78 is 40.7. The molecule has 0 aliphatic rings. The number of halogens is 3. The molecule has 1 unspecified atom stereocenters. The van der Waals surface area contributed by atoms with E-state index in [1.165, 1.54) is 0 Å². The van der Waals surface area contributed by atoms with Gasteiger partial charge in [-0.3, -0.25) is 0 Å². The molecule has 104 valence electrons. The highest BCUT2D eigenvalue weighted by Gasteiger charge is 2.27. The minimum Gasteiger partial charge on any atom is -0.370 e. The SMILES string of the molecule is CCCNC(COCC(F)(F)F)Cc1ccsc1. The van der Waals surface area contributed by atoms with Gasteiger partial charge in [0.05, 0.1) is 6.61 Å². The number of ether oxygens (including phenoxy) is 1. The Balaban J connectivity index is 2.35. The molecule has 1 aromatic rings. The van der Waals surface area contributed by atoms with Crippen molar-refractivity contribution < 1.29 is 17.9 Å². The van der Waals surface area contributed by atoms with E-state index in [2.05, 4.69) is 5.32 Å². The van der Waals surface area contributed by atoms with E-state index < -0.39 is 12.8 Å². The highest BCUT2D eigenvalue weighted by atomic mass is 32.1. The summed E-state index contributed by atoms with van der Waals surface area (Å²) in [6.07, 6.45) is -2.61. The predicted molar refractivity (Wildman–Crippen MR) is 67.0 cm³/mol. The molecule has 0 aliphatic carbocycles. The van der Waals surface area contributed by atoms with Crippen molar-refractivity contribution in [3.8, 4) is 0 Å². The van der Waals surface area contributed by atoms with Gasteiger partial charge in [0.2, 0.25) is 0 Å². The Morgan fingerprint density at radius 3 is 2.78 bits per heavy atom. The van der Waals surface area contributed by atoms with Gasteiger partial charge in [-0.05, 0) is 41.8 Å². The van der Waals surface area contributed by atoms with Crippen LogP contribution < -0.4 is 5.32 Å². The molecule has 0 aliphatic heterocycles. The zero-order chi connectivity index (χ0) is 13.4. The van der Waals surface area contributed by atoms with Crippen LogP contribution in [0.3, 0.4) is 0 Å². The number of hydrogen-bond acceptors (Lipinski definition) is 3. The van der Waals surface area contributed by atoms with Crippen molar-refractivity contribution in [1.29, 1.82) is 0 Å². The molecule has 0 saturated heterocycles. The Hall–Kier alpha value is -0.590. The van der Waals surface area contributed by atoms with Crippen LogP contribution in [-0.2, 0) is 11.2 Å². The van der Waals surface area contributed by atoms with Crippen LogP contribution in [0.2, 0.25) is 0 Å². The summed E-state index contributed by atoms with van der Waals surface area (Å²) >= 11 is 1.58. The fourth-order valence-corrected chi connectivity index (χ4v) is 2.23. The minimum atomic E-state index is -4.25. The van der Waals surface area contributed by atoms with Crippen LogP contribution in [0, 0.1) is 0 Å². The van der Waals surface area contributed by atoms with Crippen molar-refractivity contribution in [2.45, 2.75) is 32.0 Å². The first-order valence-electron chi connectivity index (χ1n) is 5.90. The summed E-state index contributed by atoms with van der Waals surface area (Å²) in [6.45, 7) is 1.70. The van der Waals surface area contributed by atoms with E-state index in [0.717, 1.165) is 18.5 Å². The first kappa shape index (κ1) is 15.5. The lowest BCUT2D eigenvalue weighted by molar-refractivity contribution is -0.175. The zero-order valence-electron chi connectivity index (χ0n) is 10.3. The van der Waals surface area contributed by atoms with Crippen LogP contribution in [0.25, 0.3) is 0 Å². The molecular weight excluding hydrogens is 263 g/mol. The van der Waals surface area contributed by atoms with E-state index in [0.29, 0.717) is 6.42 Å². The largest absolute Gasteiger partial charge is 0.411 e. The number of alkyl halides is 3. The zero-order valence-corrected chi connectivity index (χ0v) is 11.1. The van der Waals surface area contributed by atoms with Crippen LogP contribution in [-0.4, -0.2) is 32.0 Å². The van der Waals surface area contributed by atoms with E-state index in [9.17, 15) is 13.2 Å². The van der Waals surface area contributed by atoms with Gasteiger partial charge in [-0.1, -0.05) is 6.92 Å².